The number of carbonyl (C=O) groups is 2. The summed E-state index contributed by atoms with van der Waals surface area (Å²) in [6.45, 7) is 5.73. The standard InChI is InChI=1S/C30H35Cl2N3O5S2/c1-5-17-33-30(37)21(3)34(19-22-7-16-27(31)28(32)18-22)29(36)20-35(23-8-10-24(11-9-23)40-6-2)42(38,39)26-14-12-25(41-4)13-15-26/h7-16,18,21H,5-6,17,19-20H2,1-4H3,(H,33,37). The first-order valence-corrected chi connectivity index (χ1v) is 16.8. The summed E-state index contributed by atoms with van der Waals surface area (Å²) < 4.78 is 34.6. The molecule has 226 valence electrons. The first-order valence-electron chi connectivity index (χ1n) is 13.4. The molecule has 0 aromatic heterocycles. The van der Waals surface area contributed by atoms with Gasteiger partial charge in [-0.15, -0.1) is 11.8 Å². The van der Waals surface area contributed by atoms with E-state index < -0.39 is 28.5 Å². The molecule has 8 nitrogen and oxygen atoms in total. The Morgan fingerprint density at radius 1 is 0.976 bits per heavy atom. The van der Waals surface area contributed by atoms with E-state index in [1.54, 1.807) is 61.5 Å². The van der Waals surface area contributed by atoms with E-state index in [0.717, 1.165) is 15.6 Å². The summed E-state index contributed by atoms with van der Waals surface area (Å²) in [5.41, 5.74) is 0.911. The maximum Gasteiger partial charge on any atom is 0.264 e. The number of nitrogens with zero attached hydrogens (tertiary/aromatic N) is 2. The Kier molecular flexibility index (Phi) is 12.4. The van der Waals surface area contributed by atoms with Crippen LogP contribution in [0.25, 0.3) is 0 Å². The largest absolute Gasteiger partial charge is 0.494 e. The molecule has 0 radical (unpaired) electrons. The first-order chi connectivity index (χ1) is 20.0. The van der Waals surface area contributed by atoms with Gasteiger partial charge in [0.1, 0.15) is 18.3 Å². The molecule has 1 atom stereocenters. The van der Waals surface area contributed by atoms with Gasteiger partial charge in [-0.3, -0.25) is 13.9 Å². The van der Waals surface area contributed by atoms with Crippen molar-refractivity contribution in [3.8, 4) is 5.75 Å². The highest BCUT2D eigenvalue weighted by molar-refractivity contribution is 7.98. The van der Waals surface area contributed by atoms with Gasteiger partial charge in [0.2, 0.25) is 11.8 Å². The van der Waals surface area contributed by atoms with E-state index in [1.807, 2.05) is 20.1 Å². The van der Waals surface area contributed by atoms with Crippen molar-refractivity contribution < 1.29 is 22.7 Å². The van der Waals surface area contributed by atoms with E-state index in [4.69, 9.17) is 27.9 Å². The quantitative estimate of drug-likeness (QED) is 0.207. The number of amides is 2. The van der Waals surface area contributed by atoms with Crippen molar-refractivity contribution in [3.05, 3.63) is 82.3 Å². The first kappa shape index (κ1) is 33.6. The Morgan fingerprint density at radius 2 is 1.64 bits per heavy atom. The number of hydrogen-bond donors (Lipinski definition) is 1. The molecule has 1 unspecified atom stereocenters. The van der Waals surface area contributed by atoms with Crippen LogP contribution in [0.3, 0.4) is 0 Å². The predicted molar refractivity (Wildman–Crippen MR) is 170 cm³/mol. The SMILES string of the molecule is CCCNC(=O)C(C)N(Cc1ccc(Cl)c(Cl)c1)C(=O)CN(c1ccc(OCC)cc1)S(=O)(=O)c1ccc(SC)cc1. The number of benzene rings is 3. The zero-order valence-electron chi connectivity index (χ0n) is 24.0. The van der Waals surface area contributed by atoms with Gasteiger partial charge in [-0.2, -0.15) is 0 Å². The Balaban J connectivity index is 2.04. The Hall–Kier alpha value is -2.92. The van der Waals surface area contributed by atoms with E-state index in [-0.39, 0.29) is 23.0 Å². The minimum absolute atomic E-state index is 0.00994. The number of hydrogen-bond acceptors (Lipinski definition) is 6. The molecule has 0 saturated carbocycles. The molecule has 0 aliphatic heterocycles. The summed E-state index contributed by atoms with van der Waals surface area (Å²) in [6.07, 6.45) is 2.62. The molecule has 0 heterocycles. The van der Waals surface area contributed by atoms with Gasteiger partial charge in [0.25, 0.3) is 10.0 Å². The number of rotatable bonds is 14. The van der Waals surface area contributed by atoms with Gasteiger partial charge in [-0.25, -0.2) is 8.42 Å². The minimum atomic E-state index is -4.18. The summed E-state index contributed by atoms with van der Waals surface area (Å²) in [4.78, 5) is 29.3. The van der Waals surface area contributed by atoms with E-state index in [9.17, 15) is 18.0 Å². The Bertz CT molecular complexity index is 1470. The lowest BCUT2D eigenvalue weighted by atomic mass is 10.1. The van der Waals surface area contributed by atoms with Gasteiger partial charge < -0.3 is 15.0 Å². The number of thioether (sulfide) groups is 1. The molecular weight excluding hydrogens is 617 g/mol. The van der Waals surface area contributed by atoms with Crippen LogP contribution in [-0.4, -0.2) is 57.1 Å². The van der Waals surface area contributed by atoms with Crippen LogP contribution in [0.1, 0.15) is 32.8 Å². The average molecular weight is 653 g/mol. The van der Waals surface area contributed by atoms with Gasteiger partial charge in [0, 0.05) is 18.0 Å². The fraction of sp³-hybridized carbons (Fsp3) is 0.333. The van der Waals surface area contributed by atoms with Gasteiger partial charge in [-0.1, -0.05) is 36.2 Å². The number of anilines is 1. The van der Waals surface area contributed by atoms with Gasteiger partial charge in [0.05, 0.1) is 27.2 Å². The Labute approximate surface area is 262 Å². The summed E-state index contributed by atoms with van der Waals surface area (Å²) in [6, 6.07) is 17.0. The second-order valence-corrected chi connectivity index (χ2v) is 12.9. The zero-order valence-corrected chi connectivity index (χ0v) is 27.1. The van der Waals surface area contributed by atoms with E-state index in [2.05, 4.69) is 5.32 Å². The molecule has 0 saturated heterocycles. The maximum absolute atomic E-state index is 14.0. The zero-order chi connectivity index (χ0) is 30.9. The topological polar surface area (TPSA) is 96.0 Å². The summed E-state index contributed by atoms with van der Waals surface area (Å²) in [5.74, 6) is -0.358. The number of nitrogens with one attached hydrogen (secondary N) is 1. The van der Waals surface area contributed by atoms with Gasteiger partial charge in [0.15, 0.2) is 0 Å². The third kappa shape index (κ3) is 8.56. The second-order valence-electron chi connectivity index (χ2n) is 9.35. The highest BCUT2D eigenvalue weighted by Gasteiger charge is 2.32. The van der Waals surface area contributed by atoms with E-state index in [1.165, 1.54) is 28.8 Å². The van der Waals surface area contributed by atoms with Crippen molar-refractivity contribution in [2.45, 2.75) is 49.6 Å². The molecule has 3 aromatic carbocycles. The molecule has 3 aromatic rings. The van der Waals surface area contributed by atoms with Crippen LogP contribution in [-0.2, 0) is 26.2 Å². The maximum atomic E-state index is 14.0. The number of sulfonamides is 1. The van der Waals surface area contributed by atoms with Crippen molar-refractivity contribution in [2.24, 2.45) is 0 Å². The van der Waals surface area contributed by atoms with E-state index >= 15 is 0 Å². The van der Waals surface area contributed by atoms with Crippen LogP contribution >= 0.6 is 35.0 Å². The molecule has 0 bridgehead atoms. The van der Waals surface area contributed by atoms with Crippen LogP contribution in [0.5, 0.6) is 5.75 Å². The minimum Gasteiger partial charge on any atom is -0.494 e. The number of carbonyl (C=O) groups excluding carboxylic acids is 2. The van der Waals surface area contributed by atoms with Crippen molar-refractivity contribution in [3.63, 3.8) is 0 Å². The fourth-order valence-electron chi connectivity index (χ4n) is 4.09. The molecule has 0 spiro atoms. The van der Waals surface area contributed by atoms with Crippen molar-refractivity contribution in [2.75, 3.05) is 30.3 Å². The van der Waals surface area contributed by atoms with Gasteiger partial charge >= 0.3 is 0 Å². The summed E-state index contributed by atoms with van der Waals surface area (Å²) in [5, 5.41) is 3.47. The highest BCUT2D eigenvalue weighted by atomic mass is 35.5. The smallest absolute Gasteiger partial charge is 0.264 e. The molecule has 0 aliphatic carbocycles. The highest BCUT2D eigenvalue weighted by Crippen LogP contribution is 2.28. The van der Waals surface area contributed by atoms with Crippen molar-refractivity contribution >= 4 is 62.5 Å². The van der Waals surface area contributed by atoms with Crippen LogP contribution in [0.2, 0.25) is 10.0 Å². The fourth-order valence-corrected chi connectivity index (χ4v) is 6.24. The molecule has 0 fully saturated rings. The monoisotopic (exact) mass is 651 g/mol. The van der Waals surface area contributed by atoms with Crippen LogP contribution in [0, 0.1) is 0 Å². The summed E-state index contributed by atoms with van der Waals surface area (Å²) >= 11 is 13.8. The average Bonchev–Trinajstić information content (AvgIpc) is 2.99. The van der Waals surface area contributed by atoms with E-state index in [0.29, 0.717) is 34.5 Å². The second kappa shape index (κ2) is 15.5. The van der Waals surface area contributed by atoms with Gasteiger partial charge in [-0.05, 0) is 92.8 Å². The van der Waals surface area contributed by atoms with Crippen LogP contribution in [0.4, 0.5) is 5.69 Å². The Morgan fingerprint density at radius 3 is 2.21 bits per heavy atom. The lowest BCUT2D eigenvalue weighted by Crippen LogP contribution is -2.51. The molecule has 3 rings (SSSR count). The molecule has 1 N–H and O–H groups in total. The number of ether oxygens (including phenoxy) is 1. The van der Waals surface area contributed by atoms with Crippen LogP contribution < -0.4 is 14.4 Å². The summed E-state index contributed by atoms with van der Waals surface area (Å²) in [7, 11) is -4.18. The molecule has 42 heavy (non-hydrogen) atoms. The van der Waals surface area contributed by atoms with Crippen LogP contribution in [0.15, 0.2) is 76.5 Å². The normalized spacial score (nSPS) is 12.0. The third-order valence-electron chi connectivity index (χ3n) is 6.42. The predicted octanol–water partition coefficient (Wildman–Crippen LogP) is 6.25. The van der Waals surface area contributed by atoms with Crippen molar-refractivity contribution in [1.82, 2.24) is 10.2 Å². The molecular formula is C30H35Cl2N3O5S2. The molecule has 0 aliphatic rings. The number of halogens is 2. The lowest BCUT2D eigenvalue weighted by Gasteiger charge is -2.32. The van der Waals surface area contributed by atoms with Crippen molar-refractivity contribution in [1.29, 1.82) is 0 Å². The lowest BCUT2D eigenvalue weighted by molar-refractivity contribution is -0.139. The molecule has 12 heteroatoms. The third-order valence-corrected chi connectivity index (χ3v) is 9.69. The molecule has 2 amide bonds.